The average Bonchev–Trinajstić information content (AvgIpc) is 2.39. The van der Waals surface area contributed by atoms with E-state index in [2.05, 4.69) is 4.72 Å². The topological polar surface area (TPSA) is 55.3 Å². The summed E-state index contributed by atoms with van der Waals surface area (Å²) in [5.41, 5.74) is -2.34. The number of hydrogen-bond acceptors (Lipinski definition) is 3. The minimum atomic E-state index is -4.95. The Hall–Kier alpha value is -0.900. The molecule has 3 atom stereocenters. The summed E-state index contributed by atoms with van der Waals surface area (Å²) in [5.74, 6) is -2.60. The molecule has 9 heteroatoms. The van der Waals surface area contributed by atoms with Crippen molar-refractivity contribution in [2.75, 3.05) is 0 Å². The monoisotopic (exact) mass is 373 g/mol. The second kappa shape index (κ2) is 7.15. The van der Waals surface area contributed by atoms with Crippen LogP contribution in [0.5, 0.6) is 0 Å². The molecule has 0 heterocycles. The zero-order valence-corrected chi connectivity index (χ0v) is 14.5. The Balaban J connectivity index is 3.32. The first-order chi connectivity index (χ1) is 10.7. The molecule has 0 aliphatic heterocycles. The highest BCUT2D eigenvalue weighted by Gasteiger charge is 2.47. The molecular formula is C15H20F5NO2S. The third-order valence-corrected chi connectivity index (χ3v) is 5.15. The number of benzene rings is 1. The minimum absolute atomic E-state index is 0.441. The second-order valence-corrected chi connectivity index (χ2v) is 8.64. The van der Waals surface area contributed by atoms with E-state index < -0.39 is 57.5 Å². The Kier molecular flexibility index (Phi) is 6.30. The first kappa shape index (κ1) is 21.1. The van der Waals surface area contributed by atoms with Crippen molar-refractivity contribution in [3.63, 3.8) is 0 Å². The molecule has 0 spiro atoms. The van der Waals surface area contributed by atoms with Crippen LogP contribution in [-0.4, -0.2) is 26.7 Å². The first-order valence-corrected chi connectivity index (χ1v) is 8.22. The summed E-state index contributed by atoms with van der Waals surface area (Å²) in [7, 11) is 0. The summed E-state index contributed by atoms with van der Waals surface area (Å²) >= 11 is -1.88. The number of aliphatic hydroxyl groups is 1. The largest absolute Gasteiger partial charge is 0.598 e. The third kappa shape index (κ3) is 5.05. The van der Waals surface area contributed by atoms with Crippen molar-refractivity contribution in [2.45, 2.75) is 56.7 Å². The smallest absolute Gasteiger partial charge is 0.414 e. The molecule has 0 aliphatic carbocycles. The summed E-state index contributed by atoms with van der Waals surface area (Å²) in [5, 5.41) is 9.38. The molecule has 24 heavy (non-hydrogen) atoms. The maximum Gasteiger partial charge on any atom is 0.414 e. The summed E-state index contributed by atoms with van der Waals surface area (Å²) in [6, 6.07) is 3.04. The van der Waals surface area contributed by atoms with Crippen LogP contribution in [0, 0.1) is 11.6 Å². The van der Waals surface area contributed by atoms with E-state index in [1.807, 2.05) is 0 Å². The lowest BCUT2D eigenvalue weighted by atomic mass is 9.86. The van der Waals surface area contributed by atoms with Crippen LogP contribution < -0.4 is 4.72 Å². The summed E-state index contributed by atoms with van der Waals surface area (Å²) in [4.78, 5) is 0. The molecule has 3 nitrogen and oxygen atoms in total. The van der Waals surface area contributed by atoms with E-state index in [1.54, 1.807) is 20.8 Å². The molecule has 1 aromatic rings. The van der Waals surface area contributed by atoms with Crippen molar-refractivity contribution in [1.82, 2.24) is 4.72 Å². The molecule has 138 valence electrons. The highest BCUT2D eigenvalue weighted by Crippen LogP contribution is 2.36. The van der Waals surface area contributed by atoms with E-state index in [-0.39, 0.29) is 0 Å². The van der Waals surface area contributed by atoms with Crippen LogP contribution in [-0.2, 0) is 16.9 Å². The van der Waals surface area contributed by atoms with Gasteiger partial charge in [-0.2, -0.15) is 13.2 Å². The molecular weight excluding hydrogens is 353 g/mol. The predicted octanol–water partition coefficient (Wildman–Crippen LogP) is 3.55. The number of hydrogen-bond donors (Lipinski definition) is 2. The third-order valence-electron chi connectivity index (χ3n) is 3.40. The molecule has 0 bridgehead atoms. The van der Waals surface area contributed by atoms with E-state index in [9.17, 15) is 31.6 Å². The molecule has 0 radical (unpaired) electrons. The van der Waals surface area contributed by atoms with Crippen LogP contribution in [0.1, 0.15) is 39.7 Å². The molecule has 0 saturated heterocycles. The number of aliphatic hydroxyl groups excluding tert-OH is 1. The number of halogens is 5. The number of nitrogens with one attached hydrogen (secondary N) is 1. The fourth-order valence-corrected chi connectivity index (χ4v) is 2.91. The summed E-state index contributed by atoms with van der Waals surface area (Å²) in [6.45, 7) is 5.85. The van der Waals surface area contributed by atoms with Crippen LogP contribution in [0.2, 0.25) is 0 Å². The van der Waals surface area contributed by atoms with Crippen molar-refractivity contribution in [3.05, 3.63) is 35.4 Å². The van der Waals surface area contributed by atoms with Gasteiger partial charge in [-0.05, 0) is 33.8 Å². The molecule has 1 rings (SSSR count). The fourth-order valence-electron chi connectivity index (χ4n) is 2.00. The molecule has 0 fully saturated rings. The molecule has 0 saturated carbocycles. The van der Waals surface area contributed by atoms with Crippen LogP contribution in [0.3, 0.4) is 0 Å². The van der Waals surface area contributed by atoms with Gasteiger partial charge in [-0.3, -0.25) is 0 Å². The second-order valence-electron chi connectivity index (χ2n) is 6.68. The Bertz CT molecular complexity index is 552. The van der Waals surface area contributed by atoms with Gasteiger partial charge in [0.2, 0.25) is 0 Å². The van der Waals surface area contributed by atoms with Gasteiger partial charge in [0.05, 0.1) is 5.54 Å². The van der Waals surface area contributed by atoms with Crippen molar-refractivity contribution < 1.29 is 31.6 Å². The van der Waals surface area contributed by atoms with E-state index in [4.69, 9.17) is 0 Å². The van der Waals surface area contributed by atoms with Gasteiger partial charge in [-0.25, -0.2) is 8.78 Å². The van der Waals surface area contributed by atoms with Gasteiger partial charge in [0.15, 0.2) is 17.7 Å². The zero-order chi connectivity index (χ0) is 18.9. The fraction of sp³-hybridized carbons (Fsp3) is 0.600. The average molecular weight is 373 g/mol. The van der Waals surface area contributed by atoms with Crippen molar-refractivity contribution >= 4 is 11.4 Å². The number of rotatable bonds is 5. The van der Waals surface area contributed by atoms with Crippen LogP contribution >= 0.6 is 0 Å². The Morgan fingerprint density at radius 3 is 2.17 bits per heavy atom. The highest BCUT2D eigenvalue weighted by atomic mass is 32.2. The lowest BCUT2D eigenvalue weighted by Gasteiger charge is -2.36. The zero-order valence-electron chi connectivity index (χ0n) is 13.7. The van der Waals surface area contributed by atoms with Gasteiger partial charge in [0, 0.05) is 23.3 Å². The van der Waals surface area contributed by atoms with E-state index in [1.165, 1.54) is 0 Å². The lowest BCUT2D eigenvalue weighted by molar-refractivity contribution is -0.209. The molecule has 0 aromatic heterocycles. The highest BCUT2D eigenvalue weighted by molar-refractivity contribution is 7.90. The van der Waals surface area contributed by atoms with Crippen LogP contribution in [0.15, 0.2) is 18.2 Å². The molecule has 1 unspecified atom stereocenters. The standard InChI is InChI=1S/C15H20F5NO2S/c1-13(2,3)24(23)21-14(4,8-11(22)15(18,19)20)9-6-5-7-10(16)12(9)17/h5-7,11,21-22H,8H2,1-4H3/t11-,14?,24-/m1/s1. The number of alkyl halides is 3. The Morgan fingerprint density at radius 2 is 1.71 bits per heavy atom. The molecule has 1 aromatic carbocycles. The van der Waals surface area contributed by atoms with Crippen LogP contribution in [0.4, 0.5) is 22.0 Å². The predicted molar refractivity (Wildman–Crippen MR) is 81.4 cm³/mol. The van der Waals surface area contributed by atoms with E-state index in [0.717, 1.165) is 25.1 Å². The maximum atomic E-state index is 14.1. The van der Waals surface area contributed by atoms with Gasteiger partial charge < -0.3 is 9.66 Å². The Labute approximate surface area is 140 Å². The van der Waals surface area contributed by atoms with Gasteiger partial charge >= 0.3 is 6.18 Å². The minimum Gasteiger partial charge on any atom is -0.598 e. The normalized spacial score (nSPS) is 18.1. The van der Waals surface area contributed by atoms with Crippen molar-refractivity contribution in [3.8, 4) is 0 Å². The van der Waals surface area contributed by atoms with Gasteiger partial charge in [-0.15, -0.1) is 4.72 Å². The van der Waals surface area contributed by atoms with E-state index in [0.29, 0.717) is 0 Å². The SMILES string of the molecule is CC(C[C@@H](O)C(F)(F)F)(N[S@+]([O-])C(C)(C)C)c1cccc(F)c1F. The van der Waals surface area contributed by atoms with Gasteiger partial charge in [-0.1, -0.05) is 12.1 Å². The maximum absolute atomic E-state index is 14.1. The van der Waals surface area contributed by atoms with Crippen LogP contribution in [0.25, 0.3) is 0 Å². The molecule has 0 aliphatic rings. The Morgan fingerprint density at radius 1 is 1.17 bits per heavy atom. The first-order valence-electron chi connectivity index (χ1n) is 7.07. The summed E-state index contributed by atoms with van der Waals surface area (Å²) < 4.78 is 79.6. The molecule has 2 N–H and O–H groups in total. The van der Waals surface area contributed by atoms with Crippen molar-refractivity contribution in [1.29, 1.82) is 0 Å². The summed E-state index contributed by atoms with van der Waals surface area (Å²) in [6.07, 6.45) is -8.77. The van der Waals surface area contributed by atoms with Gasteiger partial charge in [0.1, 0.15) is 4.75 Å². The van der Waals surface area contributed by atoms with E-state index >= 15 is 0 Å². The van der Waals surface area contributed by atoms with Gasteiger partial charge in [0.25, 0.3) is 0 Å². The lowest BCUT2D eigenvalue weighted by Crippen LogP contribution is -2.53. The van der Waals surface area contributed by atoms with Crippen molar-refractivity contribution in [2.24, 2.45) is 0 Å². The molecule has 0 amide bonds. The quantitative estimate of drug-likeness (QED) is 0.613.